The third-order valence-electron chi connectivity index (χ3n) is 8.76. The van der Waals surface area contributed by atoms with Crippen LogP contribution in [0.2, 0.25) is 0 Å². The summed E-state index contributed by atoms with van der Waals surface area (Å²) in [4.78, 5) is 104. The van der Waals surface area contributed by atoms with Gasteiger partial charge in [-0.3, -0.25) is 47.1 Å². The van der Waals surface area contributed by atoms with Crippen LogP contribution < -0.4 is 21.9 Å². The van der Waals surface area contributed by atoms with Crippen LogP contribution in [-0.2, 0) is 60.4 Å². The van der Waals surface area contributed by atoms with E-state index in [1.54, 1.807) is 0 Å². The van der Waals surface area contributed by atoms with Gasteiger partial charge < -0.3 is 70.2 Å². The summed E-state index contributed by atoms with van der Waals surface area (Å²) in [6.45, 7) is 0.775. The van der Waals surface area contributed by atoms with Crippen molar-refractivity contribution in [3.63, 3.8) is 0 Å². The third-order valence-corrected chi connectivity index (χ3v) is 13.7. The van der Waals surface area contributed by atoms with Gasteiger partial charge in [0, 0.05) is 31.8 Å². The molecule has 2 aliphatic rings. The van der Waals surface area contributed by atoms with E-state index >= 15 is 0 Å². The molecule has 2 aliphatic heterocycles. The molecule has 3 heterocycles. The number of amides is 2. The number of aromatic nitrogens is 2. The molecule has 12 N–H and O–H groups in total. The molecule has 0 aliphatic carbocycles. The van der Waals surface area contributed by atoms with E-state index in [4.69, 9.17) is 23.8 Å². The molecule has 28 nitrogen and oxygen atoms in total. The monoisotopic (exact) mass is 914 g/mol. The Morgan fingerprint density at radius 2 is 1.61 bits per heavy atom. The normalized spacial score (nSPS) is 30.4. The molecule has 1 aromatic heterocycles. The van der Waals surface area contributed by atoms with E-state index in [-0.39, 0.29) is 0 Å². The molecular weight excluding hydrogens is 869 g/mol. The lowest BCUT2D eigenvalue weighted by atomic mass is 9.96. The SMILES string of the molecule is CC(=O)N[C@H]1[C@@H](OP(=O)(O)OP(=O)(O)OC[C@H]2O[C@@H](n3ccc(=O)[nH]c3=O)[C@H](O)[C@@H]2O)O[C@H](CO)[C@@H](O)[C@@H]1O[C@H](C)C(=O)N[C@@H](C)P(=O)(O)CC(CCC(=O)O)C(=O)O. The second kappa shape index (κ2) is 20.5. The molecule has 31 heteroatoms. The Morgan fingerprint density at radius 3 is 2.17 bits per heavy atom. The predicted molar refractivity (Wildman–Crippen MR) is 189 cm³/mol. The van der Waals surface area contributed by atoms with Gasteiger partial charge in [0.2, 0.25) is 19.2 Å². The Balaban J connectivity index is 1.73. The summed E-state index contributed by atoms with van der Waals surface area (Å²) in [5.41, 5.74) is -1.86. The van der Waals surface area contributed by atoms with Crippen molar-refractivity contribution in [1.82, 2.24) is 20.2 Å². The fourth-order valence-corrected chi connectivity index (χ4v) is 9.47. The Labute approximate surface area is 331 Å². The van der Waals surface area contributed by atoms with E-state index in [1.165, 1.54) is 0 Å². The van der Waals surface area contributed by atoms with Crippen molar-refractivity contribution in [1.29, 1.82) is 0 Å². The quantitative estimate of drug-likeness (QED) is 0.0524. The molecule has 1 aromatic rings. The fourth-order valence-electron chi connectivity index (χ4n) is 5.69. The van der Waals surface area contributed by atoms with Gasteiger partial charge in [-0.15, -0.1) is 0 Å². The second-order valence-corrected chi connectivity index (χ2v) is 18.9. The van der Waals surface area contributed by atoms with E-state index < -0.39 is 163 Å². The van der Waals surface area contributed by atoms with Crippen molar-refractivity contribution in [3.8, 4) is 0 Å². The average Bonchev–Trinajstić information content (AvgIpc) is 3.39. The molecule has 0 saturated carbocycles. The Morgan fingerprint density at radius 1 is 0.966 bits per heavy atom. The van der Waals surface area contributed by atoms with Crippen molar-refractivity contribution >= 4 is 46.8 Å². The average molecular weight is 915 g/mol. The molecule has 0 spiro atoms. The van der Waals surface area contributed by atoms with Crippen LogP contribution in [0.4, 0.5) is 0 Å². The van der Waals surface area contributed by atoms with Crippen LogP contribution in [0, 0.1) is 5.92 Å². The third kappa shape index (κ3) is 13.9. The maximum Gasteiger partial charge on any atom is 0.483 e. The predicted octanol–water partition coefficient (Wildman–Crippen LogP) is -3.94. The van der Waals surface area contributed by atoms with Crippen LogP contribution >= 0.6 is 23.0 Å². The zero-order valence-electron chi connectivity index (χ0n) is 31.1. The number of aromatic amines is 1. The molecule has 0 radical (unpaired) electrons. The molecular formula is C28H45N4O24P3. The highest BCUT2D eigenvalue weighted by molar-refractivity contribution is 7.61. The molecule has 59 heavy (non-hydrogen) atoms. The second-order valence-electron chi connectivity index (χ2n) is 13.3. The van der Waals surface area contributed by atoms with Gasteiger partial charge in [-0.1, -0.05) is 0 Å². The van der Waals surface area contributed by atoms with Crippen LogP contribution in [0.5, 0.6) is 0 Å². The number of H-pyrrole nitrogens is 1. The summed E-state index contributed by atoms with van der Waals surface area (Å²) in [5.74, 6) is -8.25. The van der Waals surface area contributed by atoms with Gasteiger partial charge in [0.15, 0.2) is 12.5 Å². The molecule has 2 saturated heterocycles. The number of aliphatic hydroxyl groups is 4. The van der Waals surface area contributed by atoms with E-state index in [1.807, 2.05) is 4.98 Å². The molecule has 15 atom stereocenters. The number of phosphoric acid groups is 2. The maximum absolute atomic E-state index is 13.1. The standard InChI is InChI=1S/C28H45N4O24P3/c1-11(24(41)30-13(3)57(45,46)10-14(26(42)43)4-5-18(36)37)52-23-19(29-12(2)34)27(54-15(8-33)21(23)39)55-59(49,50)56-58(47,48)51-9-16-20(38)22(40)25(53-16)32-7-6-17(35)31-28(32)44/h6-7,11,13-16,19-23,25,27,33,38-40H,4-5,8-10H2,1-3H3,(H,29,34)(H,30,41)(H,36,37)(H,42,43)(H,45,46)(H,47,48)(H,49,50)(H,31,35,44)/t11-,13-,14?,15-,16-,19-,20-,21-,22-,23-,25-,27-/m1/s1. The number of nitrogens with zero attached hydrogens (tertiary/aromatic N) is 1. The van der Waals surface area contributed by atoms with Gasteiger partial charge >= 0.3 is 33.3 Å². The van der Waals surface area contributed by atoms with Crippen LogP contribution in [0.15, 0.2) is 21.9 Å². The molecule has 2 fully saturated rings. The number of carbonyl (C=O) groups is 4. The number of aliphatic carboxylic acids is 2. The fraction of sp³-hybridized carbons (Fsp3) is 0.714. The largest absolute Gasteiger partial charge is 0.483 e. The van der Waals surface area contributed by atoms with Gasteiger partial charge in [0.25, 0.3) is 5.56 Å². The van der Waals surface area contributed by atoms with Crippen molar-refractivity contribution in [3.05, 3.63) is 33.1 Å². The van der Waals surface area contributed by atoms with Crippen molar-refractivity contribution < 1.29 is 106 Å². The smallest absolute Gasteiger partial charge is 0.481 e. The minimum absolute atomic E-state index is 0.499. The summed E-state index contributed by atoms with van der Waals surface area (Å²) in [7, 11) is -16.2. The van der Waals surface area contributed by atoms with E-state index in [0.717, 1.165) is 33.0 Å². The summed E-state index contributed by atoms with van der Waals surface area (Å²) >= 11 is 0. The minimum Gasteiger partial charge on any atom is -0.481 e. The lowest BCUT2D eigenvalue weighted by molar-refractivity contribution is -0.261. The zero-order valence-corrected chi connectivity index (χ0v) is 33.7. The van der Waals surface area contributed by atoms with Crippen molar-refractivity contribution in [2.24, 2.45) is 5.92 Å². The molecule has 0 bridgehead atoms. The molecule has 3 rings (SSSR count). The van der Waals surface area contributed by atoms with Gasteiger partial charge in [0.05, 0.1) is 19.1 Å². The maximum atomic E-state index is 13.1. The van der Waals surface area contributed by atoms with Gasteiger partial charge in [0.1, 0.15) is 54.6 Å². The molecule has 2 amide bonds. The van der Waals surface area contributed by atoms with Crippen LogP contribution in [0.1, 0.15) is 39.8 Å². The number of hydrogen-bond donors (Lipinski definition) is 12. The zero-order chi connectivity index (χ0) is 44.8. The van der Waals surface area contributed by atoms with Crippen LogP contribution in [0.3, 0.4) is 0 Å². The number of rotatable bonds is 21. The Hall–Kier alpha value is -3.27. The number of carbonyl (C=O) groups excluding carboxylic acids is 2. The number of carboxylic acid groups (broad SMARTS) is 2. The first kappa shape index (κ1) is 50.1. The summed E-state index contributed by atoms with van der Waals surface area (Å²) in [5, 5.41) is 64.1. The number of nitrogens with one attached hydrogen (secondary N) is 3. The van der Waals surface area contributed by atoms with E-state index in [2.05, 4.69) is 19.5 Å². The van der Waals surface area contributed by atoms with E-state index in [9.17, 15) is 82.7 Å². The lowest BCUT2D eigenvalue weighted by Gasteiger charge is -2.44. The highest BCUT2D eigenvalue weighted by Gasteiger charge is 2.52. The van der Waals surface area contributed by atoms with Gasteiger partial charge in [-0.25, -0.2) is 13.9 Å². The van der Waals surface area contributed by atoms with Crippen LogP contribution in [0.25, 0.3) is 0 Å². The lowest BCUT2D eigenvalue weighted by Crippen LogP contribution is -2.66. The molecule has 4 unspecified atom stereocenters. The van der Waals surface area contributed by atoms with Gasteiger partial charge in [-0.2, -0.15) is 4.31 Å². The molecule has 336 valence electrons. The van der Waals surface area contributed by atoms with Gasteiger partial charge in [-0.05, 0) is 20.3 Å². The minimum atomic E-state index is -5.90. The number of carboxylic acids is 2. The van der Waals surface area contributed by atoms with Crippen LogP contribution in [-0.4, -0.2) is 159 Å². The van der Waals surface area contributed by atoms with E-state index in [0.29, 0.717) is 4.57 Å². The first-order valence-corrected chi connectivity index (χ1v) is 22.1. The van der Waals surface area contributed by atoms with Crippen molar-refractivity contribution in [2.75, 3.05) is 19.4 Å². The number of aliphatic hydroxyl groups excluding tert-OH is 4. The number of ether oxygens (including phenoxy) is 3. The van der Waals surface area contributed by atoms with Crippen molar-refractivity contribution in [2.45, 2.75) is 101 Å². The summed E-state index contributed by atoms with van der Waals surface area (Å²) in [6, 6.07) is -1.02. The first-order chi connectivity index (χ1) is 27.2. The molecule has 0 aromatic carbocycles. The first-order valence-electron chi connectivity index (χ1n) is 17.1. The highest BCUT2D eigenvalue weighted by atomic mass is 31.3. The summed E-state index contributed by atoms with van der Waals surface area (Å²) in [6.07, 6.45) is -18.0. The topological polar surface area (TPSA) is 436 Å². The number of phosphoric ester groups is 2. The Bertz CT molecular complexity index is 1950. The summed E-state index contributed by atoms with van der Waals surface area (Å²) < 4.78 is 69.5. The Kier molecular flexibility index (Phi) is 17.4. The highest BCUT2D eigenvalue weighted by Crippen LogP contribution is 2.61. The number of hydrogen-bond acceptors (Lipinski definition) is 19.